The van der Waals surface area contributed by atoms with Crippen molar-refractivity contribution in [3.05, 3.63) is 29.8 Å². The average Bonchev–Trinajstić information content (AvgIpc) is 3.30. The van der Waals surface area contributed by atoms with Crippen LogP contribution in [0.4, 0.5) is 10.1 Å². The molecular weight excluding hydrogens is 397 g/mol. The van der Waals surface area contributed by atoms with Crippen molar-refractivity contribution in [3.8, 4) is 11.4 Å². The molecule has 3 heterocycles. The van der Waals surface area contributed by atoms with Gasteiger partial charge < -0.3 is 14.8 Å². The number of carbonyl (C=O) groups is 2. The molecule has 1 N–H and O–H groups in total. The molecule has 1 fully saturated rings. The summed E-state index contributed by atoms with van der Waals surface area (Å²) in [4.78, 5) is 27.3. The number of amides is 2. The van der Waals surface area contributed by atoms with Crippen LogP contribution in [0.15, 0.2) is 18.2 Å². The summed E-state index contributed by atoms with van der Waals surface area (Å²) in [5.41, 5.74) is 0.245. The van der Waals surface area contributed by atoms with Crippen LogP contribution in [0.1, 0.15) is 58.7 Å². The van der Waals surface area contributed by atoms with Gasteiger partial charge in [0.1, 0.15) is 17.7 Å². The third kappa shape index (κ3) is 4.34. The van der Waals surface area contributed by atoms with Crippen LogP contribution in [0.2, 0.25) is 0 Å². The van der Waals surface area contributed by atoms with E-state index in [2.05, 4.69) is 20.1 Å². The molecule has 2 aliphatic rings. The molecule has 31 heavy (non-hydrogen) atoms. The zero-order valence-corrected chi connectivity index (χ0v) is 18.4. The fourth-order valence-electron chi connectivity index (χ4n) is 4.39. The van der Waals surface area contributed by atoms with E-state index in [0.29, 0.717) is 24.4 Å². The molecule has 2 aliphatic heterocycles. The number of carbonyl (C=O) groups excluding carboxylic acids is 2. The van der Waals surface area contributed by atoms with Gasteiger partial charge in [-0.1, -0.05) is 27.2 Å². The topological polar surface area (TPSA) is 80.1 Å². The Hall–Kier alpha value is -2.77. The van der Waals surface area contributed by atoms with Crippen LogP contribution in [0.25, 0.3) is 11.4 Å². The number of fused-ring (bicyclic) bond motifs is 1. The molecule has 0 spiro atoms. The predicted molar refractivity (Wildman–Crippen MR) is 116 cm³/mol. The number of aryl methyl sites for hydroxylation is 1. The molecule has 1 atom stereocenters. The van der Waals surface area contributed by atoms with Crippen molar-refractivity contribution in [2.75, 3.05) is 11.9 Å². The highest BCUT2D eigenvalue weighted by atomic mass is 19.1. The van der Waals surface area contributed by atoms with Crippen molar-refractivity contribution < 1.29 is 14.0 Å². The van der Waals surface area contributed by atoms with Gasteiger partial charge in [-0.2, -0.15) is 0 Å². The number of likely N-dealkylation sites (tertiary alicyclic amines) is 1. The van der Waals surface area contributed by atoms with Gasteiger partial charge in [0.05, 0.1) is 5.69 Å². The van der Waals surface area contributed by atoms with Crippen LogP contribution in [0.5, 0.6) is 0 Å². The normalized spacial score (nSPS) is 19.1. The lowest BCUT2D eigenvalue weighted by Gasteiger charge is -2.30. The largest absolute Gasteiger partial charge is 0.330 e. The number of anilines is 1. The van der Waals surface area contributed by atoms with Crippen molar-refractivity contribution in [3.63, 3.8) is 0 Å². The molecule has 0 saturated carbocycles. The van der Waals surface area contributed by atoms with Gasteiger partial charge in [-0.3, -0.25) is 9.59 Å². The highest BCUT2D eigenvalue weighted by Gasteiger charge is 2.38. The van der Waals surface area contributed by atoms with Crippen molar-refractivity contribution in [1.82, 2.24) is 19.7 Å². The quantitative estimate of drug-likeness (QED) is 0.808. The Kier molecular flexibility index (Phi) is 5.81. The van der Waals surface area contributed by atoms with E-state index in [1.54, 1.807) is 17.0 Å². The number of aromatic nitrogens is 3. The van der Waals surface area contributed by atoms with E-state index < -0.39 is 17.3 Å². The summed E-state index contributed by atoms with van der Waals surface area (Å²) >= 11 is 0. The molecule has 1 saturated heterocycles. The van der Waals surface area contributed by atoms with Crippen LogP contribution in [0, 0.1) is 11.2 Å². The Labute approximate surface area is 182 Å². The molecule has 7 nitrogen and oxygen atoms in total. The summed E-state index contributed by atoms with van der Waals surface area (Å²) in [6, 6.07) is 4.04. The summed E-state index contributed by atoms with van der Waals surface area (Å²) in [5, 5.41) is 11.4. The first kappa shape index (κ1) is 21.5. The number of hydrogen-bond acceptors (Lipinski definition) is 4. The molecule has 0 aliphatic carbocycles. The van der Waals surface area contributed by atoms with E-state index in [-0.39, 0.29) is 17.5 Å². The molecule has 1 aromatic heterocycles. The average molecular weight is 428 g/mol. The molecule has 1 unspecified atom stereocenters. The third-order valence-corrected chi connectivity index (χ3v) is 6.05. The molecule has 2 amide bonds. The lowest BCUT2D eigenvalue weighted by Crippen LogP contribution is -2.47. The van der Waals surface area contributed by atoms with Crippen molar-refractivity contribution in [2.24, 2.45) is 5.41 Å². The molecule has 4 rings (SSSR count). The molecule has 166 valence electrons. The van der Waals surface area contributed by atoms with Crippen molar-refractivity contribution >= 4 is 17.5 Å². The molecule has 1 aromatic carbocycles. The van der Waals surface area contributed by atoms with Gasteiger partial charge in [0.15, 0.2) is 5.82 Å². The Balaban J connectivity index is 1.57. The minimum Gasteiger partial charge on any atom is -0.330 e. The number of hydrogen-bond donors (Lipinski definition) is 1. The van der Waals surface area contributed by atoms with Crippen LogP contribution >= 0.6 is 0 Å². The number of nitrogens with zero attached hydrogens (tertiary/aromatic N) is 4. The SMILES string of the molecule is CC(C)(C)C(=O)N1CCCC1C(=O)Nc1cc(-c2nnc3n2CCCCC3)ccc1F. The maximum absolute atomic E-state index is 14.6. The highest BCUT2D eigenvalue weighted by Crippen LogP contribution is 2.29. The van der Waals surface area contributed by atoms with E-state index >= 15 is 0 Å². The van der Waals surface area contributed by atoms with Crippen LogP contribution in [-0.4, -0.2) is 44.1 Å². The summed E-state index contributed by atoms with van der Waals surface area (Å²) in [6.45, 7) is 6.90. The maximum atomic E-state index is 14.6. The van der Waals surface area contributed by atoms with Gasteiger partial charge in [0, 0.05) is 30.5 Å². The maximum Gasteiger partial charge on any atom is 0.247 e. The van der Waals surface area contributed by atoms with E-state index in [4.69, 9.17) is 0 Å². The molecule has 0 bridgehead atoms. The van der Waals surface area contributed by atoms with E-state index in [1.165, 1.54) is 6.07 Å². The summed E-state index contributed by atoms with van der Waals surface area (Å²) in [6.07, 6.45) is 5.52. The van der Waals surface area contributed by atoms with E-state index in [1.807, 2.05) is 20.8 Å². The van der Waals surface area contributed by atoms with Gasteiger partial charge in [0.2, 0.25) is 11.8 Å². The fraction of sp³-hybridized carbons (Fsp3) is 0.565. The first-order valence-electron chi connectivity index (χ1n) is 11.1. The molecule has 0 radical (unpaired) electrons. The van der Waals surface area contributed by atoms with E-state index in [9.17, 15) is 14.0 Å². The Bertz CT molecular complexity index is 994. The van der Waals surface area contributed by atoms with Gasteiger partial charge in [-0.25, -0.2) is 4.39 Å². The summed E-state index contributed by atoms with van der Waals surface area (Å²) < 4.78 is 16.7. The lowest BCUT2D eigenvalue weighted by molar-refractivity contribution is -0.143. The van der Waals surface area contributed by atoms with Gasteiger partial charge in [0.25, 0.3) is 0 Å². The van der Waals surface area contributed by atoms with E-state index in [0.717, 1.165) is 44.5 Å². The third-order valence-electron chi connectivity index (χ3n) is 6.05. The summed E-state index contributed by atoms with van der Waals surface area (Å²) in [7, 11) is 0. The number of halogens is 1. The highest BCUT2D eigenvalue weighted by molar-refractivity contribution is 5.98. The second-order valence-corrected chi connectivity index (χ2v) is 9.49. The van der Waals surface area contributed by atoms with Crippen LogP contribution in [-0.2, 0) is 22.6 Å². The second-order valence-electron chi connectivity index (χ2n) is 9.49. The Morgan fingerprint density at radius 1 is 1.10 bits per heavy atom. The number of benzene rings is 1. The van der Waals surface area contributed by atoms with Crippen molar-refractivity contribution in [2.45, 2.75) is 71.9 Å². The monoisotopic (exact) mass is 427 g/mol. The zero-order valence-electron chi connectivity index (χ0n) is 18.4. The standard InChI is InChI=1S/C23H30FN5O2/c1-23(2,3)22(31)28-13-7-8-18(28)21(30)25-17-14-15(10-11-16(17)24)20-27-26-19-9-5-4-6-12-29(19)20/h10-11,14,18H,4-9,12-13H2,1-3H3,(H,25,30). The number of nitrogens with one attached hydrogen (secondary N) is 1. The summed E-state index contributed by atoms with van der Waals surface area (Å²) in [5.74, 6) is 0.707. The molecule has 2 aromatic rings. The molecule has 8 heteroatoms. The first-order chi connectivity index (χ1) is 14.8. The van der Waals surface area contributed by atoms with Crippen molar-refractivity contribution in [1.29, 1.82) is 0 Å². The number of rotatable bonds is 3. The first-order valence-corrected chi connectivity index (χ1v) is 11.1. The van der Waals surface area contributed by atoms with Gasteiger partial charge in [-0.15, -0.1) is 10.2 Å². The minimum absolute atomic E-state index is 0.0643. The van der Waals surface area contributed by atoms with Crippen LogP contribution < -0.4 is 5.32 Å². The zero-order chi connectivity index (χ0) is 22.2. The van der Waals surface area contributed by atoms with Gasteiger partial charge in [-0.05, 0) is 43.9 Å². The fourth-order valence-corrected chi connectivity index (χ4v) is 4.39. The predicted octanol–water partition coefficient (Wildman–Crippen LogP) is 3.79. The lowest BCUT2D eigenvalue weighted by atomic mass is 9.94. The van der Waals surface area contributed by atoms with Crippen LogP contribution in [0.3, 0.4) is 0 Å². The molecular formula is C23H30FN5O2. The smallest absolute Gasteiger partial charge is 0.247 e. The Morgan fingerprint density at radius 3 is 2.68 bits per heavy atom. The second kappa shape index (κ2) is 8.40. The Morgan fingerprint density at radius 2 is 1.90 bits per heavy atom. The minimum atomic E-state index is -0.584. The van der Waals surface area contributed by atoms with Gasteiger partial charge >= 0.3 is 0 Å².